The number of carbonyl (C=O) groups excluding carboxylic acids is 1. The Bertz CT molecular complexity index is 659. The van der Waals surface area contributed by atoms with Crippen LogP contribution in [0.15, 0.2) is 33.3 Å². The summed E-state index contributed by atoms with van der Waals surface area (Å²) in [5, 5.41) is 6.65. The zero-order chi connectivity index (χ0) is 15.6. The van der Waals surface area contributed by atoms with Gasteiger partial charge < -0.3 is 9.26 Å². The molecule has 0 unspecified atom stereocenters. The van der Waals surface area contributed by atoms with Gasteiger partial charge in [-0.1, -0.05) is 25.9 Å². The number of hydrogen-bond donors (Lipinski definition) is 1. The highest BCUT2D eigenvalue weighted by Crippen LogP contribution is 2.26. The first-order chi connectivity index (χ1) is 9.81. The minimum absolute atomic E-state index is 0.136. The summed E-state index contributed by atoms with van der Waals surface area (Å²) < 4.78 is 11.0. The average Bonchev–Trinajstić information content (AvgIpc) is 2.87. The van der Waals surface area contributed by atoms with Gasteiger partial charge in [-0.25, -0.2) is 0 Å². The summed E-state index contributed by atoms with van der Waals surface area (Å²) in [6.45, 7) is 6.07. The van der Waals surface area contributed by atoms with Crippen molar-refractivity contribution < 1.29 is 14.1 Å². The molecule has 0 bridgehead atoms. The van der Waals surface area contributed by atoms with Gasteiger partial charge in [-0.3, -0.25) is 10.1 Å². The van der Waals surface area contributed by atoms with Gasteiger partial charge >= 0.3 is 0 Å². The third kappa shape index (κ3) is 3.64. The lowest BCUT2D eigenvalue weighted by Gasteiger charge is -2.12. The van der Waals surface area contributed by atoms with Crippen LogP contribution in [0, 0.1) is 0 Å². The second-order valence-electron chi connectivity index (χ2n) is 5.63. The molecule has 112 valence electrons. The fraction of sp³-hybridized carbons (Fsp3) is 0.333. The molecule has 0 aliphatic carbocycles. The van der Waals surface area contributed by atoms with Crippen LogP contribution in [0.1, 0.15) is 36.8 Å². The van der Waals surface area contributed by atoms with Crippen molar-refractivity contribution in [1.29, 1.82) is 0 Å². The van der Waals surface area contributed by atoms with Crippen molar-refractivity contribution in [2.24, 2.45) is 0 Å². The van der Waals surface area contributed by atoms with E-state index in [1.165, 1.54) is 0 Å². The van der Waals surface area contributed by atoms with E-state index < -0.39 is 0 Å². The number of nitrogens with zero attached hydrogens (tertiary/aromatic N) is 1. The maximum Gasteiger partial charge on any atom is 0.259 e. The molecule has 5 nitrogen and oxygen atoms in total. The van der Waals surface area contributed by atoms with E-state index in [1.807, 2.05) is 20.8 Å². The molecular weight excluding hydrogens is 336 g/mol. The minimum atomic E-state index is -0.294. The number of amides is 1. The lowest BCUT2D eigenvalue weighted by molar-refractivity contribution is 0.102. The molecule has 21 heavy (non-hydrogen) atoms. The molecule has 0 spiro atoms. The zero-order valence-corrected chi connectivity index (χ0v) is 13.9. The number of carbonyl (C=O) groups is 1. The molecule has 0 saturated carbocycles. The molecule has 0 fully saturated rings. The molecule has 1 N–H and O–H groups in total. The maximum absolute atomic E-state index is 12.3. The number of hydrogen-bond acceptors (Lipinski definition) is 4. The van der Waals surface area contributed by atoms with Crippen molar-refractivity contribution in [1.82, 2.24) is 5.16 Å². The number of halogens is 1. The number of nitrogens with one attached hydrogen (secondary N) is 1. The molecule has 1 amide bonds. The normalized spacial score (nSPS) is 11.3. The van der Waals surface area contributed by atoms with Crippen LogP contribution in [-0.2, 0) is 5.41 Å². The first kappa shape index (κ1) is 15.6. The van der Waals surface area contributed by atoms with Crippen LogP contribution in [-0.4, -0.2) is 18.2 Å². The first-order valence-electron chi connectivity index (χ1n) is 6.43. The van der Waals surface area contributed by atoms with Gasteiger partial charge in [-0.15, -0.1) is 0 Å². The molecule has 1 aromatic heterocycles. The molecule has 2 rings (SSSR count). The molecule has 0 radical (unpaired) electrons. The molecule has 1 heterocycles. The van der Waals surface area contributed by atoms with E-state index >= 15 is 0 Å². The van der Waals surface area contributed by atoms with Gasteiger partial charge in [0.15, 0.2) is 0 Å². The SMILES string of the molecule is COc1ccc(Br)c(C(=O)Nc2cc(C(C)(C)C)no2)c1. The van der Waals surface area contributed by atoms with Crippen LogP contribution in [0.2, 0.25) is 0 Å². The van der Waals surface area contributed by atoms with Crippen LogP contribution >= 0.6 is 15.9 Å². The van der Waals surface area contributed by atoms with E-state index in [4.69, 9.17) is 9.26 Å². The first-order valence-corrected chi connectivity index (χ1v) is 7.22. The van der Waals surface area contributed by atoms with E-state index in [1.54, 1.807) is 31.4 Å². The van der Waals surface area contributed by atoms with E-state index in [0.717, 1.165) is 5.69 Å². The number of benzene rings is 1. The smallest absolute Gasteiger partial charge is 0.259 e. The van der Waals surface area contributed by atoms with Gasteiger partial charge in [0.25, 0.3) is 5.91 Å². The molecule has 2 aromatic rings. The predicted molar refractivity (Wildman–Crippen MR) is 83.9 cm³/mol. The summed E-state index contributed by atoms with van der Waals surface area (Å²) in [4.78, 5) is 12.3. The van der Waals surface area contributed by atoms with Crippen molar-refractivity contribution in [2.45, 2.75) is 26.2 Å². The number of ether oxygens (including phenoxy) is 1. The number of methoxy groups -OCH3 is 1. The molecule has 6 heteroatoms. The Balaban J connectivity index is 2.20. The number of aromatic nitrogens is 1. The average molecular weight is 353 g/mol. The Morgan fingerprint density at radius 3 is 2.62 bits per heavy atom. The second kappa shape index (κ2) is 5.89. The molecule has 0 atom stereocenters. The topological polar surface area (TPSA) is 64.4 Å². The Morgan fingerprint density at radius 1 is 1.33 bits per heavy atom. The standard InChI is InChI=1S/C15H17BrN2O3/c1-15(2,3)12-8-13(21-18-12)17-14(19)10-7-9(20-4)5-6-11(10)16/h5-8H,1-4H3,(H,17,19). The predicted octanol–water partition coefficient (Wildman–Crippen LogP) is 4.00. The fourth-order valence-corrected chi connectivity index (χ4v) is 2.10. The van der Waals surface area contributed by atoms with E-state index in [-0.39, 0.29) is 11.3 Å². The Morgan fingerprint density at radius 2 is 2.05 bits per heavy atom. The van der Waals surface area contributed by atoms with Gasteiger partial charge in [-0.05, 0) is 34.1 Å². The third-order valence-electron chi connectivity index (χ3n) is 2.93. The Kier molecular flexibility index (Phi) is 4.37. The van der Waals surface area contributed by atoms with Crippen LogP contribution in [0.5, 0.6) is 5.75 Å². The third-order valence-corrected chi connectivity index (χ3v) is 3.62. The highest BCUT2D eigenvalue weighted by Gasteiger charge is 2.20. The fourth-order valence-electron chi connectivity index (χ4n) is 1.67. The molecule has 0 aliphatic rings. The second-order valence-corrected chi connectivity index (χ2v) is 6.48. The van der Waals surface area contributed by atoms with Gasteiger partial charge in [-0.2, -0.15) is 0 Å². The quantitative estimate of drug-likeness (QED) is 0.906. The number of anilines is 1. The maximum atomic E-state index is 12.3. The summed E-state index contributed by atoms with van der Waals surface area (Å²) >= 11 is 3.35. The largest absolute Gasteiger partial charge is 0.497 e. The van der Waals surface area contributed by atoms with Gasteiger partial charge in [0.1, 0.15) is 5.75 Å². The minimum Gasteiger partial charge on any atom is -0.497 e. The lowest BCUT2D eigenvalue weighted by atomic mass is 9.92. The summed E-state index contributed by atoms with van der Waals surface area (Å²) in [7, 11) is 1.55. The van der Waals surface area contributed by atoms with Crippen molar-refractivity contribution in [2.75, 3.05) is 12.4 Å². The van der Waals surface area contributed by atoms with Gasteiger partial charge in [0.05, 0.1) is 18.4 Å². The van der Waals surface area contributed by atoms with Crippen molar-refractivity contribution in [3.63, 3.8) is 0 Å². The highest BCUT2D eigenvalue weighted by atomic mass is 79.9. The van der Waals surface area contributed by atoms with E-state index in [9.17, 15) is 4.79 Å². The zero-order valence-electron chi connectivity index (χ0n) is 12.4. The van der Waals surface area contributed by atoms with Crippen LogP contribution < -0.4 is 10.1 Å². The van der Waals surface area contributed by atoms with Crippen LogP contribution in [0.25, 0.3) is 0 Å². The highest BCUT2D eigenvalue weighted by molar-refractivity contribution is 9.10. The van der Waals surface area contributed by atoms with Gasteiger partial charge in [0.2, 0.25) is 5.88 Å². The summed E-state index contributed by atoms with van der Waals surface area (Å²) in [6, 6.07) is 6.91. The lowest BCUT2D eigenvalue weighted by Crippen LogP contribution is -2.13. The van der Waals surface area contributed by atoms with Crippen LogP contribution in [0.3, 0.4) is 0 Å². The van der Waals surface area contributed by atoms with Crippen LogP contribution in [0.4, 0.5) is 5.88 Å². The van der Waals surface area contributed by atoms with E-state index in [0.29, 0.717) is 21.7 Å². The Hall–Kier alpha value is -1.82. The number of rotatable bonds is 3. The summed E-state index contributed by atoms with van der Waals surface area (Å²) in [5.41, 5.74) is 1.11. The van der Waals surface area contributed by atoms with Gasteiger partial charge in [0, 0.05) is 16.0 Å². The molecule has 0 saturated heterocycles. The monoisotopic (exact) mass is 352 g/mol. The molecule has 0 aliphatic heterocycles. The molecular formula is C15H17BrN2O3. The molecule has 1 aromatic carbocycles. The van der Waals surface area contributed by atoms with Crippen molar-refractivity contribution >= 4 is 27.7 Å². The van der Waals surface area contributed by atoms with Crippen molar-refractivity contribution in [3.05, 3.63) is 40.0 Å². The van der Waals surface area contributed by atoms with E-state index in [2.05, 4.69) is 26.4 Å². The van der Waals surface area contributed by atoms with Crippen molar-refractivity contribution in [3.8, 4) is 5.75 Å². The summed E-state index contributed by atoms with van der Waals surface area (Å²) in [6.07, 6.45) is 0. The summed E-state index contributed by atoms with van der Waals surface area (Å²) in [5.74, 6) is 0.633. The Labute approximate surface area is 131 Å².